The molecule has 0 aliphatic heterocycles. The molecule has 0 saturated heterocycles. The Morgan fingerprint density at radius 3 is 1.18 bits per heavy atom. The minimum absolute atomic E-state index is 0.0314. The normalized spacial score (nSPS) is 11.2. The molecular formula is C94H73Cl2F2N21O4. The average molecular weight is 1670 g/mol. The monoisotopic (exact) mass is 1670 g/mol. The van der Waals surface area contributed by atoms with E-state index in [1.54, 1.807) is 98.9 Å². The van der Waals surface area contributed by atoms with Gasteiger partial charge in [-0.25, -0.2) is 48.7 Å². The van der Waals surface area contributed by atoms with Gasteiger partial charge in [-0.15, -0.1) is 0 Å². The summed E-state index contributed by atoms with van der Waals surface area (Å²) < 4.78 is 46.9. The van der Waals surface area contributed by atoms with Crippen molar-refractivity contribution in [2.75, 3.05) is 68.8 Å². The first kappa shape index (κ1) is 80.0. The smallest absolute Gasteiger partial charge is 0.325 e. The van der Waals surface area contributed by atoms with Crippen LogP contribution in [-0.4, -0.2) is 137 Å². The molecule has 8 aromatic carbocycles. The maximum absolute atomic E-state index is 14.5. The molecule has 12 aromatic heterocycles. The van der Waals surface area contributed by atoms with Gasteiger partial charge < -0.3 is 54.7 Å². The summed E-state index contributed by atoms with van der Waals surface area (Å²) in [5, 5.41) is 21.1. The van der Waals surface area contributed by atoms with Gasteiger partial charge >= 0.3 is 5.97 Å². The van der Waals surface area contributed by atoms with Crippen LogP contribution in [0.15, 0.2) is 293 Å². The predicted octanol–water partition coefficient (Wildman–Crippen LogP) is 19.1. The van der Waals surface area contributed by atoms with Crippen LogP contribution in [0, 0.1) is 11.6 Å². The number of benzene rings is 8. The van der Waals surface area contributed by atoms with E-state index in [1.807, 2.05) is 193 Å². The van der Waals surface area contributed by atoms with Gasteiger partial charge in [0.2, 0.25) is 5.91 Å². The number of aromatic nitrogens is 16. The number of nitrogens with one attached hydrogen (secondary N) is 4. The topological polar surface area (TPSA) is 301 Å². The first-order chi connectivity index (χ1) is 60.2. The molecule has 0 bridgehead atoms. The number of anilines is 4. The zero-order valence-electron chi connectivity index (χ0n) is 66.1. The third kappa shape index (κ3) is 17.3. The number of esters is 1. The number of pyridine rings is 4. The van der Waals surface area contributed by atoms with Gasteiger partial charge in [-0.2, -0.15) is 0 Å². The summed E-state index contributed by atoms with van der Waals surface area (Å²) in [4.78, 5) is 78.3. The fraction of sp³-hybridized carbons (Fsp3) is 0.0851. The molecule has 20 aromatic rings. The van der Waals surface area contributed by atoms with E-state index in [1.165, 1.54) is 19.2 Å². The highest BCUT2D eigenvalue weighted by atomic mass is 35.5. The van der Waals surface area contributed by atoms with Crippen LogP contribution in [0.5, 0.6) is 0 Å². The Morgan fingerprint density at radius 2 is 0.789 bits per heavy atom. The number of halogens is 4. The van der Waals surface area contributed by atoms with Crippen molar-refractivity contribution < 1.29 is 27.8 Å². The summed E-state index contributed by atoms with van der Waals surface area (Å²) in [5.74, 6) is 3.14. The summed E-state index contributed by atoms with van der Waals surface area (Å²) in [6, 6.07) is 66.8. The van der Waals surface area contributed by atoms with Gasteiger partial charge in [0, 0.05) is 189 Å². The largest absolute Gasteiger partial charge is 0.468 e. The number of hydrogen-bond donors (Lipinski definition) is 5. The molecule has 29 heteroatoms. The number of ether oxygens (including phenoxy) is 2. The minimum Gasteiger partial charge on any atom is -0.468 e. The van der Waals surface area contributed by atoms with E-state index in [9.17, 15) is 18.4 Å². The van der Waals surface area contributed by atoms with E-state index in [0.717, 1.165) is 125 Å². The van der Waals surface area contributed by atoms with Crippen LogP contribution in [0.25, 0.3) is 156 Å². The molecule has 0 unspecified atom stereocenters. The lowest BCUT2D eigenvalue weighted by molar-refractivity contribution is -0.138. The molecule has 0 radical (unpaired) electrons. The highest BCUT2D eigenvalue weighted by molar-refractivity contribution is 6.31. The maximum atomic E-state index is 14.5. The average Bonchev–Trinajstić information content (AvgIpc) is 1.76. The molecule has 0 aliphatic rings. The Hall–Kier alpha value is -15.4. The third-order valence-corrected chi connectivity index (χ3v) is 20.7. The Kier molecular flexibility index (Phi) is 23.4. The molecular weight excluding hydrogens is 1600 g/mol. The Balaban J connectivity index is 0.000000116. The second kappa shape index (κ2) is 36.0. The Labute approximate surface area is 711 Å². The second-order valence-electron chi connectivity index (χ2n) is 28.1. The van der Waals surface area contributed by atoms with Crippen LogP contribution in [0.1, 0.15) is 6.42 Å². The Bertz CT molecular complexity index is 7370. The van der Waals surface area contributed by atoms with E-state index in [0.29, 0.717) is 72.3 Å². The molecule has 123 heavy (non-hydrogen) atoms. The van der Waals surface area contributed by atoms with Crippen molar-refractivity contribution in [3.05, 3.63) is 314 Å². The third-order valence-electron chi connectivity index (χ3n) is 20.2. The van der Waals surface area contributed by atoms with Crippen molar-refractivity contribution in [3.63, 3.8) is 0 Å². The van der Waals surface area contributed by atoms with Crippen molar-refractivity contribution in [2.24, 2.45) is 5.73 Å². The van der Waals surface area contributed by atoms with E-state index in [-0.39, 0.29) is 36.6 Å². The molecule has 0 fully saturated rings. The first-order valence-corrected chi connectivity index (χ1v) is 39.6. The zero-order chi connectivity index (χ0) is 84.5. The molecule has 0 atom stereocenters. The van der Waals surface area contributed by atoms with Gasteiger partial charge in [0.1, 0.15) is 41.5 Å². The number of methoxy groups -OCH3 is 2. The highest BCUT2D eigenvalue weighted by Crippen LogP contribution is 2.37. The van der Waals surface area contributed by atoms with Crippen LogP contribution in [0.4, 0.5) is 31.5 Å². The number of nitrogens with two attached hydrogens (primary N) is 1. The van der Waals surface area contributed by atoms with Crippen LogP contribution >= 0.6 is 23.2 Å². The van der Waals surface area contributed by atoms with E-state index < -0.39 is 11.6 Å². The van der Waals surface area contributed by atoms with Crippen molar-refractivity contribution in [1.82, 2.24) is 78.1 Å². The lowest BCUT2D eigenvalue weighted by Gasteiger charge is -2.13. The van der Waals surface area contributed by atoms with Gasteiger partial charge in [0.25, 0.3) is 0 Å². The van der Waals surface area contributed by atoms with Gasteiger partial charge in [-0.3, -0.25) is 29.5 Å². The molecule has 0 saturated carbocycles. The fourth-order valence-corrected chi connectivity index (χ4v) is 14.6. The number of hydrogen-bond acceptors (Lipinski definition) is 20. The summed E-state index contributed by atoms with van der Waals surface area (Å²) in [5.41, 5.74) is 18.0. The van der Waals surface area contributed by atoms with Crippen molar-refractivity contribution in [1.29, 1.82) is 0 Å². The van der Waals surface area contributed by atoms with E-state index >= 15 is 0 Å². The quantitative estimate of drug-likeness (QED) is 0.0371. The zero-order valence-corrected chi connectivity index (χ0v) is 67.6. The predicted molar refractivity (Wildman–Crippen MR) is 481 cm³/mol. The molecule has 12 heterocycles. The summed E-state index contributed by atoms with van der Waals surface area (Å²) >= 11 is 12.4. The SMILES string of the molecule is CNc1ccc2nc(-c3cccc(Cl)c3)nc(-n3ccc4cnccc43)c2c1.COC(=O)CNc1ccc2nc(-c3ccccc3F)nc(-n3ccc4cnccc43)c2c1.COCCCNc1ccc2nc(-c3cccc(Cl)c3)nc(-n3ccc4cnccc43)c2c1.NCC(=O)Nc1ccc2nc(-c3ccccc3F)nc(-n3ccc4cnccc43)c2c1. The number of carbonyl (C=O) groups excluding carboxylic acids is 2. The Morgan fingerprint density at radius 1 is 0.415 bits per heavy atom. The molecule has 606 valence electrons. The minimum atomic E-state index is -0.402. The summed E-state index contributed by atoms with van der Waals surface area (Å²) in [7, 11) is 4.96. The molecule has 20 rings (SSSR count). The number of nitrogens with zero attached hydrogens (tertiary/aromatic N) is 16. The van der Waals surface area contributed by atoms with Crippen LogP contribution in [-0.2, 0) is 19.1 Å². The van der Waals surface area contributed by atoms with Crippen molar-refractivity contribution in [2.45, 2.75) is 6.42 Å². The molecule has 0 aliphatic carbocycles. The van der Waals surface area contributed by atoms with Gasteiger partial charge in [-0.1, -0.05) is 71.7 Å². The first-order valence-electron chi connectivity index (χ1n) is 38.9. The summed E-state index contributed by atoms with van der Waals surface area (Å²) in [6.07, 6.45) is 23.0. The number of fused-ring (bicyclic) bond motifs is 8. The van der Waals surface area contributed by atoms with E-state index in [2.05, 4.69) is 72.4 Å². The number of carbonyl (C=O) groups is 2. The van der Waals surface area contributed by atoms with Crippen LogP contribution in [0.2, 0.25) is 10.0 Å². The van der Waals surface area contributed by atoms with Crippen molar-refractivity contribution in [3.8, 4) is 68.8 Å². The molecule has 6 N–H and O–H groups in total. The summed E-state index contributed by atoms with van der Waals surface area (Å²) in [6.45, 7) is 1.46. The molecule has 25 nitrogen and oxygen atoms in total. The maximum Gasteiger partial charge on any atom is 0.325 e. The van der Waals surface area contributed by atoms with Crippen molar-refractivity contribution >= 4 is 145 Å². The van der Waals surface area contributed by atoms with Crippen LogP contribution in [0.3, 0.4) is 0 Å². The number of rotatable bonds is 19. The van der Waals surface area contributed by atoms with Gasteiger partial charge in [0.15, 0.2) is 23.3 Å². The van der Waals surface area contributed by atoms with Crippen LogP contribution < -0.4 is 27.0 Å². The molecule has 0 spiro atoms. The molecule has 1 amide bonds. The lowest BCUT2D eigenvalue weighted by atomic mass is 10.1. The van der Waals surface area contributed by atoms with Gasteiger partial charge in [-0.05, 0) is 176 Å². The highest BCUT2D eigenvalue weighted by Gasteiger charge is 2.22. The number of amides is 1. The lowest BCUT2D eigenvalue weighted by Crippen LogP contribution is -2.21. The fourth-order valence-electron chi connectivity index (χ4n) is 14.3. The van der Waals surface area contributed by atoms with Gasteiger partial charge in [0.05, 0.1) is 68.9 Å². The van der Waals surface area contributed by atoms with E-state index in [4.69, 9.17) is 68.3 Å². The standard InChI is InChI=1S/C25H22ClN5O.C24H18FN5O2.C23H17FN6O.C22H16ClN5/c1-32-13-3-10-28-20-6-7-22-21(15-20)25(31-12-9-18-16-27-11-8-23(18)31)30-24(29-22)17-4-2-5-19(26)14-17;1-32-22(31)14-27-16-6-7-20-18(12-16)24(30-11-9-15-13-26-10-8-21(15)30)29-23(28-20)17-4-2-3-5-19(17)25;24-18-4-2-1-3-16(18)22-28-19-6-5-15(27-21(31)12-25)11-17(19)23(29-22)30-10-8-14-13-26-9-7-20(14)30;1-24-17-5-6-19-18(12-17)22(28-10-8-15-13-25-9-7-20(15)28)27-21(26-19)14-3-2-4-16(23)11-14/h2,4-9,11-12,14-16,28H,3,10,13H2,1H3;2-13,27H,14H2,1H3;1-11,13H,12,25H2,(H,27,31);2-13,24H,1H3. The second-order valence-corrected chi connectivity index (χ2v) is 29.0.